The van der Waals surface area contributed by atoms with Crippen LogP contribution in [0.15, 0.2) is 30.3 Å². The van der Waals surface area contributed by atoms with E-state index in [1.54, 1.807) is 0 Å². The summed E-state index contributed by atoms with van der Waals surface area (Å²) in [4.78, 5) is 4.36. The molecule has 12 heavy (non-hydrogen) atoms. The molecule has 54 valence electrons. The Morgan fingerprint density at radius 1 is 1.25 bits per heavy atom. The first-order chi connectivity index (χ1) is 5.36. The van der Waals surface area contributed by atoms with Gasteiger partial charge in [0.15, 0.2) is 0 Å². The van der Waals surface area contributed by atoms with Crippen LogP contribution >= 0.6 is 0 Å². The minimum Gasteiger partial charge on any atom is -0.279 e. The Morgan fingerprint density at radius 2 is 2.08 bits per heavy atom. The molecule has 1 nitrogen and oxygen atoms in total. The van der Waals surface area contributed by atoms with Crippen molar-refractivity contribution in [2.75, 3.05) is 0 Å². The molecular formula is C10H8CsN. The molecule has 0 radical (unpaired) electrons. The molecule has 0 aliphatic heterocycles. The molecular weight excluding hydrogens is 267 g/mol. The van der Waals surface area contributed by atoms with Gasteiger partial charge < -0.3 is 0 Å². The van der Waals surface area contributed by atoms with E-state index in [9.17, 15) is 0 Å². The van der Waals surface area contributed by atoms with Gasteiger partial charge in [0, 0.05) is 5.69 Å². The van der Waals surface area contributed by atoms with Gasteiger partial charge in [0.05, 0.1) is 0 Å². The van der Waals surface area contributed by atoms with Gasteiger partial charge in [-0.3, -0.25) is 4.98 Å². The van der Waals surface area contributed by atoms with E-state index >= 15 is 0 Å². The van der Waals surface area contributed by atoms with Crippen molar-refractivity contribution < 1.29 is 68.9 Å². The van der Waals surface area contributed by atoms with Crippen LogP contribution in [0.4, 0.5) is 0 Å². The summed E-state index contributed by atoms with van der Waals surface area (Å²) in [5.41, 5.74) is 2.10. The molecule has 0 N–H and O–H groups in total. The van der Waals surface area contributed by atoms with E-state index in [0.717, 1.165) is 16.6 Å². The van der Waals surface area contributed by atoms with Crippen LogP contribution in [0.3, 0.4) is 0 Å². The Labute approximate surface area is 131 Å². The summed E-state index contributed by atoms with van der Waals surface area (Å²) in [5.74, 6) is 0. The zero-order valence-electron chi connectivity index (χ0n) is 7.33. The van der Waals surface area contributed by atoms with Gasteiger partial charge in [-0.2, -0.15) is 18.2 Å². The van der Waals surface area contributed by atoms with E-state index in [2.05, 4.69) is 17.1 Å². The first-order valence-corrected chi connectivity index (χ1v) is 3.60. The molecule has 0 atom stereocenters. The van der Waals surface area contributed by atoms with Crippen molar-refractivity contribution in [2.45, 2.75) is 6.92 Å². The average Bonchev–Trinajstić information content (AvgIpc) is 2.04. The van der Waals surface area contributed by atoms with Crippen molar-refractivity contribution in [3.63, 3.8) is 0 Å². The molecule has 0 saturated heterocycles. The molecule has 2 aromatic rings. The zero-order chi connectivity index (χ0) is 7.68. The molecule has 0 aliphatic carbocycles. The Kier molecular flexibility index (Phi) is 4.30. The summed E-state index contributed by atoms with van der Waals surface area (Å²) < 4.78 is 0. The largest absolute Gasteiger partial charge is 1.00 e. The molecule has 0 saturated carbocycles. The summed E-state index contributed by atoms with van der Waals surface area (Å²) in [7, 11) is 0. The van der Waals surface area contributed by atoms with Gasteiger partial charge >= 0.3 is 68.9 Å². The molecule has 1 aromatic carbocycles. The monoisotopic (exact) mass is 275 g/mol. The average molecular weight is 275 g/mol. The molecule has 1 aromatic heterocycles. The number of benzene rings is 1. The molecule has 0 bridgehead atoms. The second kappa shape index (κ2) is 4.79. The fourth-order valence-corrected chi connectivity index (χ4v) is 1.11. The Balaban J connectivity index is 0.000000720. The van der Waals surface area contributed by atoms with Crippen LogP contribution in [0.5, 0.6) is 0 Å². The first-order valence-electron chi connectivity index (χ1n) is 3.60. The van der Waals surface area contributed by atoms with Gasteiger partial charge in [0.25, 0.3) is 0 Å². The maximum absolute atomic E-state index is 4.36. The number of fused-ring (bicyclic) bond motifs is 1. The minimum atomic E-state index is 0. The third-order valence-corrected chi connectivity index (χ3v) is 1.67. The van der Waals surface area contributed by atoms with Gasteiger partial charge in [-0.1, -0.05) is 6.07 Å². The van der Waals surface area contributed by atoms with Crippen LogP contribution < -0.4 is 68.9 Å². The van der Waals surface area contributed by atoms with Crippen molar-refractivity contribution in [3.8, 4) is 0 Å². The number of hydrogen-bond donors (Lipinski definition) is 0. The third-order valence-electron chi connectivity index (χ3n) is 1.67. The van der Waals surface area contributed by atoms with Crippen LogP contribution in [0.2, 0.25) is 0 Å². The SMILES string of the molecule is Cc1ccc2c[c-]ccc2n1.[Cs+]. The molecule has 0 fully saturated rings. The predicted octanol–water partition coefficient (Wildman–Crippen LogP) is -0.653. The summed E-state index contributed by atoms with van der Waals surface area (Å²) in [6, 6.07) is 12.9. The maximum atomic E-state index is 4.36. The van der Waals surface area contributed by atoms with E-state index < -0.39 is 0 Å². The van der Waals surface area contributed by atoms with Gasteiger partial charge in [-0.15, -0.1) is 17.5 Å². The predicted molar refractivity (Wildman–Crippen MR) is 45.3 cm³/mol. The van der Waals surface area contributed by atoms with E-state index in [1.165, 1.54) is 0 Å². The van der Waals surface area contributed by atoms with Gasteiger partial charge in [-0.05, 0) is 12.4 Å². The van der Waals surface area contributed by atoms with Crippen molar-refractivity contribution in [1.29, 1.82) is 0 Å². The van der Waals surface area contributed by atoms with Gasteiger partial charge in [-0.25, -0.2) is 0 Å². The number of aryl methyl sites for hydroxylation is 1. The quantitative estimate of drug-likeness (QED) is 0.582. The zero-order valence-corrected chi connectivity index (χ0v) is 13.6. The van der Waals surface area contributed by atoms with Crippen LogP contribution in [-0.4, -0.2) is 4.98 Å². The number of hydrogen-bond acceptors (Lipinski definition) is 1. The molecule has 0 amide bonds. The van der Waals surface area contributed by atoms with Gasteiger partial charge in [0.2, 0.25) is 0 Å². The van der Waals surface area contributed by atoms with E-state index in [1.807, 2.05) is 31.2 Å². The first kappa shape index (κ1) is 10.8. The molecule has 2 heteroatoms. The van der Waals surface area contributed by atoms with Crippen molar-refractivity contribution in [1.82, 2.24) is 4.98 Å². The molecule has 0 spiro atoms. The normalized spacial score (nSPS) is 9.42. The fraction of sp³-hybridized carbons (Fsp3) is 0.100. The van der Waals surface area contributed by atoms with Crippen molar-refractivity contribution in [3.05, 3.63) is 42.1 Å². The van der Waals surface area contributed by atoms with Gasteiger partial charge in [0.1, 0.15) is 0 Å². The van der Waals surface area contributed by atoms with Crippen LogP contribution in [0.1, 0.15) is 5.69 Å². The second-order valence-corrected chi connectivity index (χ2v) is 2.57. The molecule has 0 aliphatic rings. The number of pyridine rings is 1. The van der Waals surface area contributed by atoms with E-state index in [-0.39, 0.29) is 68.9 Å². The Bertz CT molecular complexity index is 384. The molecule has 0 unspecified atom stereocenters. The third kappa shape index (κ3) is 2.34. The molecule has 2 rings (SSSR count). The van der Waals surface area contributed by atoms with Crippen LogP contribution in [0.25, 0.3) is 10.9 Å². The van der Waals surface area contributed by atoms with E-state index in [0.29, 0.717) is 0 Å². The molecule has 1 heterocycles. The fourth-order valence-electron chi connectivity index (χ4n) is 1.11. The van der Waals surface area contributed by atoms with Crippen molar-refractivity contribution in [2.24, 2.45) is 0 Å². The topological polar surface area (TPSA) is 12.9 Å². The summed E-state index contributed by atoms with van der Waals surface area (Å²) in [5, 5.41) is 1.15. The van der Waals surface area contributed by atoms with E-state index in [4.69, 9.17) is 0 Å². The Hall–Kier alpha value is 0.682. The van der Waals surface area contributed by atoms with Crippen molar-refractivity contribution >= 4 is 10.9 Å². The maximum Gasteiger partial charge on any atom is 1.00 e. The summed E-state index contributed by atoms with van der Waals surface area (Å²) >= 11 is 0. The number of aromatic nitrogens is 1. The second-order valence-electron chi connectivity index (χ2n) is 2.57. The summed E-state index contributed by atoms with van der Waals surface area (Å²) in [6.07, 6.45) is 0. The minimum absolute atomic E-state index is 0. The summed E-state index contributed by atoms with van der Waals surface area (Å²) in [6.45, 7) is 2.00. The Morgan fingerprint density at radius 3 is 2.92 bits per heavy atom. The van der Waals surface area contributed by atoms with Crippen LogP contribution in [0, 0.1) is 13.0 Å². The standard InChI is InChI=1S/C10H8N.Cs/c1-8-6-7-9-4-2-3-5-10(9)11-8;/h3-7H,1H3;/q-1;+1. The van der Waals surface area contributed by atoms with Crippen LogP contribution in [-0.2, 0) is 0 Å². The smallest absolute Gasteiger partial charge is 0.279 e. The number of nitrogens with zero attached hydrogens (tertiary/aromatic N) is 1. The number of rotatable bonds is 0.